The summed E-state index contributed by atoms with van der Waals surface area (Å²) in [4.78, 5) is 13.5. The molecule has 90 valence electrons. The average Bonchev–Trinajstić information content (AvgIpc) is 2.86. The van der Waals surface area contributed by atoms with Gasteiger partial charge in [-0.2, -0.15) is 0 Å². The van der Waals surface area contributed by atoms with Crippen LogP contribution in [-0.2, 0) is 19.0 Å². The number of fused-ring (bicyclic) bond motifs is 1. The molecule has 2 aliphatic heterocycles. The Hall–Kier alpha value is -0.740. The van der Waals surface area contributed by atoms with Gasteiger partial charge in [-0.25, -0.2) is 9.79 Å². The Morgan fingerprint density at radius 3 is 3.25 bits per heavy atom. The number of hydrogen-bond acceptors (Lipinski definition) is 5. The number of aliphatic imine (C=N–C) groups is 1. The van der Waals surface area contributed by atoms with Gasteiger partial charge in [-0.15, -0.1) is 0 Å². The van der Waals surface area contributed by atoms with Gasteiger partial charge in [0.2, 0.25) is 6.08 Å². The molecule has 0 radical (unpaired) electrons. The van der Waals surface area contributed by atoms with Crippen LogP contribution in [0.2, 0.25) is 0 Å². The second-order valence-corrected chi connectivity index (χ2v) is 4.40. The molecule has 2 rings (SSSR count). The highest BCUT2D eigenvalue weighted by atomic mass is 16.6. The normalized spacial score (nSPS) is 34.4. The standard InChI is InChI=1S/C11H17NO4/c1-8(4-12-7-13)5-15-10-6-16-9-2-3-14-11(9)10/h8-11H,2-6H2,1H3. The van der Waals surface area contributed by atoms with Gasteiger partial charge in [0.05, 0.1) is 25.9 Å². The molecule has 0 aromatic heterocycles. The van der Waals surface area contributed by atoms with Crippen LogP contribution >= 0.6 is 0 Å². The molecule has 0 aromatic carbocycles. The maximum Gasteiger partial charge on any atom is 0.234 e. The van der Waals surface area contributed by atoms with Crippen LogP contribution < -0.4 is 0 Å². The summed E-state index contributed by atoms with van der Waals surface area (Å²) < 4.78 is 16.9. The molecule has 0 N–H and O–H groups in total. The number of ether oxygens (including phenoxy) is 3. The van der Waals surface area contributed by atoms with Crippen molar-refractivity contribution in [3.8, 4) is 0 Å². The fraction of sp³-hybridized carbons (Fsp3) is 0.909. The molecular formula is C11H17NO4. The van der Waals surface area contributed by atoms with Crippen LogP contribution in [0, 0.1) is 5.92 Å². The molecule has 0 aliphatic carbocycles. The molecular weight excluding hydrogens is 210 g/mol. The Morgan fingerprint density at radius 1 is 1.56 bits per heavy atom. The maximum absolute atomic E-state index is 9.95. The lowest BCUT2D eigenvalue weighted by molar-refractivity contribution is -0.0398. The monoisotopic (exact) mass is 227 g/mol. The first kappa shape index (κ1) is 11.7. The lowest BCUT2D eigenvalue weighted by Crippen LogP contribution is -2.31. The van der Waals surface area contributed by atoms with Gasteiger partial charge in [-0.05, 0) is 12.3 Å². The third-order valence-electron chi connectivity index (χ3n) is 2.98. The van der Waals surface area contributed by atoms with Gasteiger partial charge in [0.25, 0.3) is 0 Å². The molecule has 2 saturated heterocycles. The predicted octanol–water partition coefficient (Wildman–Crippen LogP) is 0.531. The molecule has 16 heavy (non-hydrogen) atoms. The molecule has 2 heterocycles. The van der Waals surface area contributed by atoms with Crippen LogP contribution in [0.25, 0.3) is 0 Å². The minimum Gasteiger partial charge on any atom is -0.373 e. The molecule has 0 bridgehead atoms. The zero-order valence-electron chi connectivity index (χ0n) is 9.43. The van der Waals surface area contributed by atoms with Crippen LogP contribution in [0.3, 0.4) is 0 Å². The number of isocyanates is 1. The average molecular weight is 227 g/mol. The van der Waals surface area contributed by atoms with Crippen molar-refractivity contribution in [1.29, 1.82) is 0 Å². The number of carbonyl (C=O) groups excluding carboxylic acids is 1. The summed E-state index contributed by atoms with van der Waals surface area (Å²) in [5.74, 6) is 0.224. The predicted molar refractivity (Wildman–Crippen MR) is 56.0 cm³/mol. The summed E-state index contributed by atoms with van der Waals surface area (Å²) in [7, 11) is 0. The van der Waals surface area contributed by atoms with Crippen molar-refractivity contribution in [3.63, 3.8) is 0 Å². The molecule has 0 amide bonds. The molecule has 0 spiro atoms. The third-order valence-corrected chi connectivity index (χ3v) is 2.98. The van der Waals surface area contributed by atoms with Gasteiger partial charge in [0.1, 0.15) is 12.2 Å². The zero-order chi connectivity index (χ0) is 11.4. The van der Waals surface area contributed by atoms with Gasteiger partial charge in [-0.1, -0.05) is 6.92 Å². The second kappa shape index (κ2) is 5.55. The fourth-order valence-corrected chi connectivity index (χ4v) is 2.11. The second-order valence-electron chi connectivity index (χ2n) is 4.40. The minimum absolute atomic E-state index is 0.0372. The Labute approximate surface area is 94.8 Å². The maximum atomic E-state index is 9.95. The summed E-state index contributed by atoms with van der Waals surface area (Å²) in [6.07, 6.45) is 2.85. The summed E-state index contributed by atoms with van der Waals surface area (Å²) in [5.41, 5.74) is 0. The van der Waals surface area contributed by atoms with Gasteiger partial charge < -0.3 is 14.2 Å². The fourth-order valence-electron chi connectivity index (χ4n) is 2.11. The molecule has 5 heteroatoms. The first-order valence-electron chi connectivity index (χ1n) is 5.69. The highest BCUT2D eigenvalue weighted by Gasteiger charge is 2.42. The number of hydrogen-bond donors (Lipinski definition) is 0. The van der Waals surface area contributed by atoms with Crippen molar-refractivity contribution < 1.29 is 19.0 Å². The topological polar surface area (TPSA) is 57.1 Å². The van der Waals surface area contributed by atoms with Crippen molar-refractivity contribution in [2.45, 2.75) is 31.7 Å². The van der Waals surface area contributed by atoms with E-state index in [0.29, 0.717) is 19.8 Å². The first-order chi connectivity index (χ1) is 7.81. The summed E-state index contributed by atoms with van der Waals surface area (Å²) in [5, 5.41) is 0. The van der Waals surface area contributed by atoms with E-state index in [1.165, 1.54) is 6.08 Å². The summed E-state index contributed by atoms with van der Waals surface area (Å²) in [6.45, 7) is 4.40. The van der Waals surface area contributed by atoms with E-state index in [1.54, 1.807) is 0 Å². The van der Waals surface area contributed by atoms with Crippen molar-refractivity contribution in [2.24, 2.45) is 10.9 Å². The largest absolute Gasteiger partial charge is 0.373 e. The van der Waals surface area contributed by atoms with Gasteiger partial charge in [0.15, 0.2) is 0 Å². The van der Waals surface area contributed by atoms with E-state index in [0.717, 1.165) is 13.0 Å². The van der Waals surface area contributed by atoms with Gasteiger partial charge in [0, 0.05) is 6.61 Å². The van der Waals surface area contributed by atoms with Gasteiger partial charge in [-0.3, -0.25) is 0 Å². The van der Waals surface area contributed by atoms with Crippen molar-refractivity contribution in [3.05, 3.63) is 0 Å². The molecule has 4 unspecified atom stereocenters. The van der Waals surface area contributed by atoms with Crippen LogP contribution in [-0.4, -0.2) is 50.8 Å². The minimum atomic E-state index is 0.0372. The first-order valence-corrected chi connectivity index (χ1v) is 5.69. The molecule has 4 atom stereocenters. The Kier molecular flexibility index (Phi) is 4.07. The van der Waals surface area contributed by atoms with E-state index >= 15 is 0 Å². The SMILES string of the molecule is CC(CN=C=O)COC1COC2CCOC21. The summed E-state index contributed by atoms with van der Waals surface area (Å²) >= 11 is 0. The van der Waals surface area contributed by atoms with Gasteiger partial charge >= 0.3 is 0 Å². The third kappa shape index (κ3) is 2.68. The Bertz CT molecular complexity index is 277. The van der Waals surface area contributed by atoms with E-state index < -0.39 is 0 Å². The molecule has 2 aliphatic rings. The van der Waals surface area contributed by atoms with Crippen LogP contribution in [0.1, 0.15) is 13.3 Å². The molecule has 0 saturated carbocycles. The summed E-state index contributed by atoms with van der Waals surface area (Å²) in [6, 6.07) is 0. The molecule has 0 aromatic rings. The Morgan fingerprint density at radius 2 is 2.44 bits per heavy atom. The molecule has 5 nitrogen and oxygen atoms in total. The zero-order valence-corrected chi connectivity index (χ0v) is 9.43. The smallest absolute Gasteiger partial charge is 0.234 e. The number of nitrogens with zero attached hydrogens (tertiary/aromatic N) is 1. The molecule has 2 fully saturated rings. The van der Waals surface area contributed by atoms with E-state index in [2.05, 4.69) is 4.99 Å². The van der Waals surface area contributed by atoms with E-state index in [9.17, 15) is 4.79 Å². The van der Waals surface area contributed by atoms with E-state index in [-0.39, 0.29) is 24.2 Å². The quantitative estimate of drug-likeness (QED) is 0.508. The van der Waals surface area contributed by atoms with Crippen LogP contribution in [0.4, 0.5) is 0 Å². The van der Waals surface area contributed by atoms with Crippen molar-refractivity contribution >= 4 is 6.08 Å². The number of rotatable bonds is 5. The Balaban J connectivity index is 1.71. The lowest BCUT2D eigenvalue weighted by Gasteiger charge is -2.18. The van der Waals surface area contributed by atoms with E-state index in [1.807, 2.05) is 6.92 Å². The van der Waals surface area contributed by atoms with E-state index in [4.69, 9.17) is 14.2 Å². The van der Waals surface area contributed by atoms with Crippen LogP contribution in [0.15, 0.2) is 4.99 Å². The van der Waals surface area contributed by atoms with Crippen molar-refractivity contribution in [2.75, 3.05) is 26.4 Å². The highest BCUT2D eigenvalue weighted by molar-refractivity contribution is 5.32. The lowest BCUT2D eigenvalue weighted by atomic mass is 10.1. The van der Waals surface area contributed by atoms with Crippen molar-refractivity contribution in [1.82, 2.24) is 0 Å². The van der Waals surface area contributed by atoms with Crippen LogP contribution in [0.5, 0.6) is 0 Å². The highest BCUT2D eigenvalue weighted by Crippen LogP contribution is 2.28.